The summed E-state index contributed by atoms with van der Waals surface area (Å²) in [5, 5.41) is 31.3. The van der Waals surface area contributed by atoms with E-state index in [2.05, 4.69) is 20.8 Å². The number of hydrogen-bond acceptors (Lipinski definition) is 9. The number of hydrogen-bond donors (Lipinski definition) is 3. The van der Waals surface area contributed by atoms with E-state index in [0.29, 0.717) is 11.8 Å². The normalized spacial score (nSPS) is 10.2. The first-order chi connectivity index (χ1) is 17.9. The first-order valence-corrected chi connectivity index (χ1v) is 13.3. The van der Waals surface area contributed by atoms with Crippen molar-refractivity contribution < 1.29 is 57.7 Å². The maximum absolute atomic E-state index is 11.3. The molecule has 0 aromatic heterocycles. The minimum absolute atomic E-state index is 0. The molecule has 0 saturated heterocycles. The molecule has 0 spiro atoms. The van der Waals surface area contributed by atoms with Crippen LogP contribution in [0, 0.1) is 0 Å². The summed E-state index contributed by atoms with van der Waals surface area (Å²) in [5.41, 5.74) is 5.19. The summed E-state index contributed by atoms with van der Waals surface area (Å²) >= 11 is 0. The summed E-state index contributed by atoms with van der Waals surface area (Å²) in [5.74, 6) is -0.928. The first kappa shape index (κ1) is 37.2. The molecule has 0 amide bonds. The van der Waals surface area contributed by atoms with E-state index >= 15 is 0 Å². The second kappa shape index (κ2) is 20.1. The minimum Gasteiger partial charge on any atom is -0.571 e. The van der Waals surface area contributed by atoms with Crippen LogP contribution in [0.2, 0.25) is 0 Å². The zero-order chi connectivity index (χ0) is 29.1. The fourth-order valence-electron chi connectivity index (χ4n) is 2.22. The molecule has 0 aliphatic heterocycles. The molecule has 0 unspecified atom stereocenters. The van der Waals surface area contributed by atoms with Gasteiger partial charge in [0.25, 0.3) is 10.1 Å². The standard InChI is InChI=1S/C20H16N4O3.C2H6.CH4O3S.Cu.O3S/c25-18-13-7-6-12-17(18)22-24-19(14-8-2-1-3-9-14)23-21-16-11-5-4-10-15(16)20(26)27;1-2;1-5(2,3)4;;1-4(2)3/h1-13H,(H3,21,22,23,24,25,26,27);1-2H3;1H3,(H,2,3,4);;/q;;;+1;/p-1. The maximum Gasteiger partial charge on any atom is 1.00 e. The van der Waals surface area contributed by atoms with Crippen LogP contribution in [0.1, 0.15) is 29.8 Å². The van der Waals surface area contributed by atoms with E-state index in [-0.39, 0.29) is 45.6 Å². The predicted molar refractivity (Wildman–Crippen MR) is 141 cm³/mol. The number of aromatic carboxylic acids is 1. The van der Waals surface area contributed by atoms with Crippen LogP contribution < -0.4 is 0 Å². The van der Waals surface area contributed by atoms with Crippen molar-refractivity contribution in [2.24, 2.45) is 15.3 Å². The number of phenols is 1. The Morgan fingerprint density at radius 1 is 0.872 bits per heavy atom. The molecule has 214 valence electrons. The number of carboxylic acids is 1. The Balaban J connectivity index is 0. The third-order valence-corrected chi connectivity index (χ3v) is 3.55. The SMILES string of the molecule is CC.CS(=O)(=O)O.O=C(O)c1ccccc1N=NC(=N[N-]c1ccccc1O)c1ccccc1.O=S(=O)=O.[Cu+]. The average molecular weight is 629 g/mol. The number of phenolic OH excluding ortho intramolecular Hbond substituents is 1. The molecule has 13 nitrogen and oxygen atoms in total. The molecule has 0 atom stereocenters. The largest absolute Gasteiger partial charge is 1.00 e. The number of benzene rings is 3. The summed E-state index contributed by atoms with van der Waals surface area (Å²) in [7, 11) is -6.78. The maximum atomic E-state index is 11.3. The number of aromatic hydroxyl groups is 1. The number of amidine groups is 1. The Hall–Kier alpha value is -3.95. The topological polar surface area (TPSA) is 214 Å². The predicted octanol–water partition coefficient (Wildman–Crippen LogP) is 4.76. The second-order valence-electron chi connectivity index (χ2n) is 6.34. The summed E-state index contributed by atoms with van der Waals surface area (Å²) in [6.45, 7) is 4.00. The molecule has 0 saturated carbocycles. The van der Waals surface area contributed by atoms with Crippen molar-refractivity contribution in [1.29, 1.82) is 0 Å². The average Bonchev–Trinajstić information content (AvgIpc) is 2.85. The van der Waals surface area contributed by atoms with Crippen molar-refractivity contribution in [3.63, 3.8) is 0 Å². The molecular weight excluding hydrogens is 604 g/mol. The molecular formula is C23H25CuN4O9S2. The summed E-state index contributed by atoms with van der Waals surface area (Å²) in [4.78, 5) is 11.3. The summed E-state index contributed by atoms with van der Waals surface area (Å²) < 4.78 is 51.2. The van der Waals surface area contributed by atoms with Gasteiger partial charge in [-0.15, -0.1) is 22.9 Å². The molecule has 0 aliphatic rings. The zero-order valence-corrected chi connectivity index (χ0v) is 23.3. The van der Waals surface area contributed by atoms with Gasteiger partial charge in [0, 0.05) is 5.56 Å². The summed E-state index contributed by atoms with van der Waals surface area (Å²) in [6.07, 6.45) is 0.715. The Kier molecular flexibility index (Phi) is 19.1. The fourth-order valence-corrected chi connectivity index (χ4v) is 2.22. The number of rotatable bonds is 5. The van der Waals surface area contributed by atoms with Crippen molar-refractivity contribution in [3.05, 3.63) is 95.4 Å². The van der Waals surface area contributed by atoms with Crippen molar-refractivity contribution in [2.45, 2.75) is 13.8 Å². The molecule has 3 aromatic rings. The van der Waals surface area contributed by atoms with Gasteiger partial charge in [0.05, 0.1) is 11.8 Å². The molecule has 0 fully saturated rings. The molecule has 16 heteroatoms. The Morgan fingerprint density at radius 3 is 1.85 bits per heavy atom. The van der Waals surface area contributed by atoms with Crippen LogP contribution in [0.5, 0.6) is 5.75 Å². The van der Waals surface area contributed by atoms with Crippen LogP contribution in [0.3, 0.4) is 0 Å². The van der Waals surface area contributed by atoms with Gasteiger partial charge in [-0.3, -0.25) is 4.55 Å². The monoisotopic (exact) mass is 628 g/mol. The van der Waals surface area contributed by atoms with Gasteiger partial charge >= 0.3 is 33.6 Å². The van der Waals surface area contributed by atoms with E-state index in [9.17, 15) is 23.4 Å². The fraction of sp³-hybridized carbons (Fsp3) is 0.130. The minimum atomic E-state index is -3.67. The van der Waals surface area contributed by atoms with Crippen molar-refractivity contribution in [2.75, 3.05) is 6.26 Å². The summed E-state index contributed by atoms with van der Waals surface area (Å²) in [6, 6.07) is 21.8. The number of azo groups is 1. The Labute approximate surface area is 237 Å². The van der Waals surface area contributed by atoms with Gasteiger partial charge in [-0.25, -0.2) is 4.79 Å². The molecule has 3 N–H and O–H groups in total. The van der Waals surface area contributed by atoms with E-state index in [4.69, 9.17) is 17.2 Å². The van der Waals surface area contributed by atoms with E-state index in [1.165, 1.54) is 12.1 Å². The molecule has 39 heavy (non-hydrogen) atoms. The van der Waals surface area contributed by atoms with E-state index in [1.807, 2.05) is 32.0 Å². The Bertz CT molecular complexity index is 1440. The number of para-hydroxylation sites is 1. The van der Waals surface area contributed by atoms with Crippen LogP contribution in [-0.2, 0) is 37.8 Å². The molecule has 0 radical (unpaired) electrons. The van der Waals surface area contributed by atoms with E-state index in [1.54, 1.807) is 48.5 Å². The molecule has 0 heterocycles. The second-order valence-corrected chi connectivity index (χ2v) is 8.21. The van der Waals surface area contributed by atoms with Gasteiger partial charge in [0.15, 0.2) is 5.84 Å². The van der Waals surface area contributed by atoms with E-state index in [0.717, 1.165) is 0 Å². The van der Waals surface area contributed by atoms with Crippen molar-refractivity contribution >= 4 is 43.9 Å². The van der Waals surface area contributed by atoms with Crippen LogP contribution >= 0.6 is 0 Å². The number of carboxylic acid groups (broad SMARTS) is 1. The smallest absolute Gasteiger partial charge is 0.571 e. The van der Waals surface area contributed by atoms with Crippen LogP contribution in [-0.4, -0.2) is 53.9 Å². The van der Waals surface area contributed by atoms with Gasteiger partial charge in [-0.1, -0.05) is 80.2 Å². The third kappa shape index (κ3) is 18.0. The van der Waals surface area contributed by atoms with Gasteiger partial charge in [-0.05, 0) is 18.2 Å². The van der Waals surface area contributed by atoms with Crippen molar-refractivity contribution in [1.82, 2.24) is 0 Å². The number of nitrogens with zero attached hydrogens (tertiary/aromatic N) is 4. The van der Waals surface area contributed by atoms with Gasteiger partial charge in [0.1, 0.15) is 11.4 Å². The molecule has 3 rings (SSSR count). The Morgan fingerprint density at radius 2 is 1.33 bits per heavy atom. The molecule has 3 aromatic carbocycles. The van der Waals surface area contributed by atoms with Crippen LogP contribution in [0.25, 0.3) is 5.43 Å². The van der Waals surface area contributed by atoms with Gasteiger partial charge < -0.3 is 20.7 Å². The first-order valence-electron chi connectivity index (χ1n) is 10.4. The van der Waals surface area contributed by atoms with Crippen molar-refractivity contribution in [3.8, 4) is 5.75 Å². The molecule has 0 bridgehead atoms. The van der Waals surface area contributed by atoms with Gasteiger partial charge in [-0.2, -0.15) is 8.42 Å². The van der Waals surface area contributed by atoms with Gasteiger partial charge in [0.2, 0.25) is 0 Å². The molecule has 0 aliphatic carbocycles. The quantitative estimate of drug-likeness (QED) is 0.0884. The zero-order valence-electron chi connectivity index (χ0n) is 20.7. The van der Waals surface area contributed by atoms with E-state index < -0.39 is 26.7 Å². The third-order valence-electron chi connectivity index (χ3n) is 3.55. The number of carbonyl (C=O) groups is 1. The van der Waals surface area contributed by atoms with Crippen LogP contribution in [0.15, 0.2) is 94.2 Å². The van der Waals surface area contributed by atoms with Crippen LogP contribution in [0.4, 0.5) is 11.4 Å².